The molecule has 1 aliphatic carbocycles. The molecule has 1 atom stereocenters. The highest BCUT2D eigenvalue weighted by atomic mass is 16.5. The van der Waals surface area contributed by atoms with Gasteiger partial charge in [0, 0.05) is 13.2 Å². The highest BCUT2D eigenvalue weighted by molar-refractivity contribution is 4.67. The molecule has 0 aromatic carbocycles. The maximum absolute atomic E-state index is 5.85. The minimum atomic E-state index is 0.365. The van der Waals surface area contributed by atoms with Crippen LogP contribution in [0.3, 0.4) is 0 Å². The maximum atomic E-state index is 5.85. The second-order valence-corrected chi connectivity index (χ2v) is 5.35. The van der Waals surface area contributed by atoms with Gasteiger partial charge in [-0.25, -0.2) is 0 Å². The maximum Gasteiger partial charge on any atom is 0.0671 e. The molecule has 0 aromatic heterocycles. The van der Waals surface area contributed by atoms with Crippen molar-refractivity contribution in [3.63, 3.8) is 0 Å². The molecule has 1 saturated carbocycles. The van der Waals surface area contributed by atoms with Crippen LogP contribution in [0.25, 0.3) is 0 Å². The van der Waals surface area contributed by atoms with Gasteiger partial charge in [0.25, 0.3) is 0 Å². The van der Waals surface area contributed by atoms with Gasteiger partial charge in [0.05, 0.1) is 6.10 Å². The first-order valence-electron chi connectivity index (χ1n) is 6.50. The lowest BCUT2D eigenvalue weighted by Gasteiger charge is -2.17. The van der Waals surface area contributed by atoms with Gasteiger partial charge >= 0.3 is 0 Å². The lowest BCUT2D eigenvalue weighted by molar-refractivity contribution is 0.0415. The van der Waals surface area contributed by atoms with Gasteiger partial charge < -0.3 is 10.1 Å². The Morgan fingerprint density at radius 2 is 1.80 bits per heavy atom. The summed E-state index contributed by atoms with van der Waals surface area (Å²) in [5.41, 5.74) is 0. The largest absolute Gasteiger partial charge is 0.377 e. The van der Waals surface area contributed by atoms with Crippen molar-refractivity contribution in [2.75, 3.05) is 19.7 Å². The lowest BCUT2D eigenvalue weighted by Crippen LogP contribution is -2.30. The molecule has 0 spiro atoms. The van der Waals surface area contributed by atoms with Gasteiger partial charge in [-0.15, -0.1) is 0 Å². The highest BCUT2D eigenvalue weighted by Crippen LogP contribution is 2.24. The molecule has 1 unspecified atom stereocenters. The van der Waals surface area contributed by atoms with E-state index in [2.05, 4.69) is 26.1 Å². The quantitative estimate of drug-likeness (QED) is 0.702. The third-order valence-electron chi connectivity index (χ3n) is 3.08. The van der Waals surface area contributed by atoms with Gasteiger partial charge in [-0.1, -0.05) is 26.7 Å². The van der Waals surface area contributed by atoms with E-state index in [0.29, 0.717) is 6.10 Å². The summed E-state index contributed by atoms with van der Waals surface area (Å²) in [6, 6.07) is 0. The van der Waals surface area contributed by atoms with Gasteiger partial charge in [0.15, 0.2) is 0 Å². The van der Waals surface area contributed by atoms with Crippen LogP contribution in [0.2, 0.25) is 0 Å². The van der Waals surface area contributed by atoms with E-state index in [1.54, 1.807) is 0 Å². The molecule has 0 bridgehead atoms. The number of hydrogen-bond acceptors (Lipinski definition) is 2. The van der Waals surface area contributed by atoms with E-state index in [4.69, 9.17) is 4.74 Å². The van der Waals surface area contributed by atoms with E-state index in [9.17, 15) is 0 Å². The van der Waals surface area contributed by atoms with Gasteiger partial charge in [0.1, 0.15) is 0 Å². The molecular formula is C13H27NO. The number of hydrogen-bond donors (Lipinski definition) is 1. The van der Waals surface area contributed by atoms with Crippen LogP contribution in [0.4, 0.5) is 0 Å². The standard InChI is InChI=1S/C13H27NO/c1-11(2)8-14-9-12(3)15-10-13-6-4-5-7-13/h11-14H,4-10H2,1-3H3. The minimum absolute atomic E-state index is 0.365. The molecule has 1 fully saturated rings. The molecule has 90 valence electrons. The molecule has 1 rings (SSSR count). The summed E-state index contributed by atoms with van der Waals surface area (Å²) in [7, 11) is 0. The average Bonchev–Trinajstić information content (AvgIpc) is 2.66. The van der Waals surface area contributed by atoms with Crippen molar-refractivity contribution in [1.82, 2.24) is 5.32 Å². The predicted molar refractivity (Wildman–Crippen MR) is 65.1 cm³/mol. The third-order valence-corrected chi connectivity index (χ3v) is 3.08. The first-order chi connectivity index (χ1) is 7.18. The summed E-state index contributed by atoms with van der Waals surface area (Å²) in [6.07, 6.45) is 5.95. The normalized spacial score (nSPS) is 20.0. The lowest BCUT2D eigenvalue weighted by atomic mass is 10.1. The molecule has 1 aliphatic rings. The van der Waals surface area contributed by atoms with Crippen molar-refractivity contribution < 1.29 is 4.74 Å². The second kappa shape index (κ2) is 7.24. The molecule has 0 saturated heterocycles. The Bertz CT molecular complexity index is 153. The first-order valence-corrected chi connectivity index (χ1v) is 6.50. The Balaban J connectivity index is 1.95. The SMILES string of the molecule is CC(C)CNCC(C)OCC1CCCC1. The second-order valence-electron chi connectivity index (χ2n) is 5.35. The van der Waals surface area contributed by atoms with E-state index in [0.717, 1.165) is 31.5 Å². The zero-order valence-electron chi connectivity index (χ0n) is 10.6. The first kappa shape index (κ1) is 13.0. The van der Waals surface area contributed by atoms with Crippen molar-refractivity contribution in [3.8, 4) is 0 Å². The summed E-state index contributed by atoms with van der Waals surface area (Å²) < 4.78 is 5.85. The van der Waals surface area contributed by atoms with Crippen LogP contribution < -0.4 is 5.32 Å². The van der Waals surface area contributed by atoms with Crippen molar-refractivity contribution in [2.45, 2.75) is 52.6 Å². The molecule has 0 heterocycles. The molecule has 0 aliphatic heterocycles. The Hall–Kier alpha value is -0.0800. The van der Waals surface area contributed by atoms with Crippen LogP contribution in [-0.2, 0) is 4.74 Å². The Morgan fingerprint density at radius 3 is 2.40 bits per heavy atom. The predicted octanol–water partition coefficient (Wildman–Crippen LogP) is 2.83. The minimum Gasteiger partial charge on any atom is -0.377 e. The van der Waals surface area contributed by atoms with Crippen LogP contribution >= 0.6 is 0 Å². The fourth-order valence-electron chi connectivity index (χ4n) is 2.11. The van der Waals surface area contributed by atoms with Crippen LogP contribution in [-0.4, -0.2) is 25.8 Å². The zero-order valence-corrected chi connectivity index (χ0v) is 10.6. The van der Waals surface area contributed by atoms with Crippen LogP contribution in [0.1, 0.15) is 46.5 Å². The Kier molecular flexibility index (Phi) is 6.26. The Morgan fingerprint density at radius 1 is 1.13 bits per heavy atom. The molecule has 1 N–H and O–H groups in total. The van der Waals surface area contributed by atoms with E-state index in [1.807, 2.05) is 0 Å². The molecule has 0 aromatic rings. The summed E-state index contributed by atoms with van der Waals surface area (Å²) in [5.74, 6) is 1.57. The topological polar surface area (TPSA) is 21.3 Å². The van der Waals surface area contributed by atoms with Crippen molar-refractivity contribution in [3.05, 3.63) is 0 Å². The van der Waals surface area contributed by atoms with Gasteiger partial charge in [-0.05, 0) is 38.1 Å². The summed E-state index contributed by atoms with van der Waals surface area (Å²) in [4.78, 5) is 0. The van der Waals surface area contributed by atoms with E-state index in [-0.39, 0.29) is 0 Å². The van der Waals surface area contributed by atoms with Crippen LogP contribution in [0, 0.1) is 11.8 Å². The van der Waals surface area contributed by atoms with Crippen LogP contribution in [0.15, 0.2) is 0 Å². The smallest absolute Gasteiger partial charge is 0.0671 e. The summed E-state index contributed by atoms with van der Waals surface area (Å²) >= 11 is 0. The summed E-state index contributed by atoms with van der Waals surface area (Å²) in [5, 5.41) is 3.43. The fraction of sp³-hybridized carbons (Fsp3) is 1.00. The molecular weight excluding hydrogens is 186 g/mol. The molecule has 0 radical (unpaired) electrons. The third kappa shape index (κ3) is 6.16. The number of ether oxygens (including phenoxy) is 1. The van der Waals surface area contributed by atoms with Crippen molar-refractivity contribution in [1.29, 1.82) is 0 Å². The summed E-state index contributed by atoms with van der Waals surface area (Å²) in [6.45, 7) is 9.70. The van der Waals surface area contributed by atoms with Crippen molar-refractivity contribution >= 4 is 0 Å². The van der Waals surface area contributed by atoms with Gasteiger partial charge in [-0.3, -0.25) is 0 Å². The molecule has 2 heteroatoms. The van der Waals surface area contributed by atoms with Crippen molar-refractivity contribution in [2.24, 2.45) is 11.8 Å². The fourth-order valence-corrected chi connectivity index (χ4v) is 2.11. The van der Waals surface area contributed by atoms with E-state index < -0.39 is 0 Å². The van der Waals surface area contributed by atoms with Gasteiger partial charge in [0.2, 0.25) is 0 Å². The van der Waals surface area contributed by atoms with Gasteiger partial charge in [-0.2, -0.15) is 0 Å². The van der Waals surface area contributed by atoms with Crippen LogP contribution in [0.5, 0.6) is 0 Å². The molecule has 15 heavy (non-hydrogen) atoms. The Labute approximate surface area is 94.8 Å². The zero-order chi connectivity index (χ0) is 11.1. The highest BCUT2D eigenvalue weighted by Gasteiger charge is 2.15. The van der Waals surface area contributed by atoms with E-state index in [1.165, 1.54) is 25.7 Å². The number of rotatable bonds is 7. The average molecular weight is 213 g/mol. The molecule has 0 amide bonds. The number of nitrogens with one attached hydrogen (secondary N) is 1. The van der Waals surface area contributed by atoms with E-state index >= 15 is 0 Å². The monoisotopic (exact) mass is 213 g/mol. The molecule has 2 nitrogen and oxygen atoms in total.